The van der Waals surface area contributed by atoms with Crippen LogP contribution in [0.4, 0.5) is 0 Å². The van der Waals surface area contributed by atoms with Crippen LogP contribution >= 0.6 is 35.3 Å². The van der Waals surface area contributed by atoms with Crippen LogP contribution in [0.3, 0.4) is 0 Å². The molecule has 2 amide bonds. The largest absolute Gasteiger partial charge is 0.351 e. The Morgan fingerprint density at radius 3 is 2.64 bits per heavy atom. The maximum Gasteiger partial charge on any atom is 0.280 e. The topological polar surface area (TPSA) is 90.1 Å². The molecule has 2 aromatic heterocycles. The van der Waals surface area contributed by atoms with Crippen LogP contribution in [0.5, 0.6) is 0 Å². The van der Waals surface area contributed by atoms with Gasteiger partial charge in [-0.1, -0.05) is 24.4 Å². The van der Waals surface area contributed by atoms with Crippen molar-refractivity contribution in [3.8, 4) is 0 Å². The molecule has 1 aliphatic carbocycles. The molecule has 1 aliphatic heterocycles. The molecule has 0 spiro atoms. The summed E-state index contributed by atoms with van der Waals surface area (Å²) in [5.41, 5.74) is 2.41. The van der Waals surface area contributed by atoms with E-state index in [2.05, 4.69) is 32.5 Å². The van der Waals surface area contributed by atoms with Crippen LogP contribution in [0.1, 0.15) is 56.5 Å². The molecule has 3 heterocycles. The number of aromatic amines is 1. The summed E-state index contributed by atoms with van der Waals surface area (Å²) in [5.74, 6) is -0.310. The Morgan fingerprint density at radius 2 is 1.88 bits per heavy atom. The van der Waals surface area contributed by atoms with Crippen LogP contribution in [0, 0.1) is 0 Å². The van der Waals surface area contributed by atoms with E-state index in [1.165, 1.54) is 16.2 Å². The number of rotatable bonds is 4. The van der Waals surface area contributed by atoms with Gasteiger partial charge in [-0.25, -0.2) is 4.98 Å². The molecule has 33 heavy (non-hydrogen) atoms. The summed E-state index contributed by atoms with van der Waals surface area (Å²) >= 11 is 7.54. The van der Waals surface area contributed by atoms with Crippen molar-refractivity contribution in [1.29, 1.82) is 0 Å². The minimum Gasteiger partial charge on any atom is -0.351 e. The van der Waals surface area contributed by atoms with Gasteiger partial charge in [0, 0.05) is 52.4 Å². The van der Waals surface area contributed by atoms with E-state index in [0.29, 0.717) is 15.7 Å². The summed E-state index contributed by atoms with van der Waals surface area (Å²) in [6, 6.07) is 7.08. The first-order chi connectivity index (χ1) is 15.5. The molecule has 3 aromatic rings. The summed E-state index contributed by atoms with van der Waals surface area (Å²) in [6.45, 7) is 1.81. The third-order valence-electron chi connectivity index (χ3n) is 6.34. The van der Waals surface area contributed by atoms with Gasteiger partial charge in [0.25, 0.3) is 11.8 Å². The Balaban J connectivity index is 0.00000259. The number of fused-ring (bicyclic) bond motifs is 2. The second kappa shape index (κ2) is 10.0. The number of nitrogens with zero attached hydrogens (tertiary/aromatic N) is 2. The van der Waals surface area contributed by atoms with Crippen molar-refractivity contribution in [2.45, 2.75) is 50.7 Å². The monoisotopic (exact) mass is 507 g/mol. The zero-order chi connectivity index (χ0) is 22.2. The fourth-order valence-corrected chi connectivity index (χ4v) is 5.87. The van der Waals surface area contributed by atoms with Gasteiger partial charge in [-0.2, -0.15) is 0 Å². The number of benzene rings is 1. The molecule has 1 saturated carbocycles. The standard InChI is InChI=1S/C23H26ClN5O2S.ClH/c1-29-9-8-18-20(12-29)32-23(28-18)22(31)27-17-5-3-2-4-16(17)26-21(30)19-11-13-10-14(24)6-7-15(13)25-19;/h6-7,10-11,16-17,25H,2-5,8-9,12H2,1H3,(H,26,30)(H,27,31);1H/t16-,17-;/m1./s1. The molecule has 176 valence electrons. The Labute approximate surface area is 207 Å². The normalized spacial score (nSPS) is 20.7. The van der Waals surface area contributed by atoms with Gasteiger partial charge in [-0.05, 0) is 44.2 Å². The molecule has 5 rings (SSSR count). The van der Waals surface area contributed by atoms with Crippen LogP contribution in [0.25, 0.3) is 10.9 Å². The summed E-state index contributed by atoms with van der Waals surface area (Å²) in [4.78, 5) is 37.1. The number of carbonyl (C=O) groups is 2. The summed E-state index contributed by atoms with van der Waals surface area (Å²) in [7, 11) is 2.08. The number of carbonyl (C=O) groups excluding carboxylic acids is 2. The van der Waals surface area contributed by atoms with E-state index in [9.17, 15) is 9.59 Å². The fraction of sp³-hybridized carbons (Fsp3) is 0.435. The Hall–Kier alpha value is -2.13. The molecule has 1 fully saturated rings. The number of thiazole rings is 1. The van der Waals surface area contributed by atoms with Gasteiger partial charge in [0.2, 0.25) is 0 Å². The Bertz CT molecular complexity index is 1180. The van der Waals surface area contributed by atoms with Gasteiger partial charge < -0.3 is 20.5 Å². The molecule has 1 aromatic carbocycles. The van der Waals surface area contributed by atoms with E-state index in [1.807, 2.05) is 18.2 Å². The molecule has 0 radical (unpaired) electrons. The highest BCUT2D eigenvalue weighted by atomic mass is 35.5. The van der Waals surface area contributed by atoms with Crippen molar-refractivity contribution in [2.24, 2.45) is 0 Å². The van der Waals surface area contributed by atoms with E-state index < -0.39 is 0 Å². The van der Waals surface area contributed by atoms with Crippen LogP contribution in [0.15, 0.2) is 24.3 Å². The smallest absolute Gasteiger partial charge is 0.280 e. The second-order valence-corrected chi connectivity index (χ2v) is 10.3. The van der Waals surface area contributed by atoms with Crippen molar-refractivity contribution in [2.75, 3.05) is 13.6 Å². The van der Waals surface area contributed by atoms with Gasteiger partial charge in [-0.3, -0.25) is 9.59 Å². The van der Waals surface area contributed by atoms with Gasteiger partial charge in [0.1, 0.15) is 5.69 Å². The lowest BCUT2D eigenvalue weighted by Crippen LogP contribution is -2.53. The van der Waals surface area contributed by atoms with Crippen molar-refractivity contribution < 1.29 is 9.59 Å². The lowest BCUT2D eigenvalue weighted by molar-refractivity contribution is 0.0860. The molecule has 2 atom stereocenters. The van der Waals surface area contributed by atoms with Crippen molar-refractivity contribution in [1.82, 2.24) is 25.5 Å². The van der Waals surface area contributed by atoms with E-state index in [-0.39, 0.29) is 36.3 Å². The summed E-state index contributed by atoms with van der Waals surface area (Å²) < 4.78 is 0. The van der Waals surface area contributed by atoms with Gasteiger partial charge in [0.15, 0.2) is 5.01 Å². The number of halogens is 2. The summed E-state index contributed by atoms with van der Waals surface area (Å²) in [5, 5.41) is 8.33. The van der Waals surface area contributed by atoms with Gasteiger partial charge >= 0.3 is 0 Å². The Morgan fingerprint density at radius 1 is 1.15 bits per heavy atom. The predicted molar refractivity (Wildman–Crippen MR) is 134 cm³/mol. The number of hydrogen-bond donors (Lipinski definition) is 3. The quantitative estimate of drug-likeness (QED) is 0.494. The first-order valence-electron chi connectivity index (χ1n) is 11.0. The molecule has 3 N–H and O–H groups in total. The number of hydrogen-bond acceptors (Lipinski definition) is 5. The van der Waals surface area contributed by atoms with Crippen LogP contribution in [-0.4, -0.2) is 52.4 Å². The Kier molecular flexibility index (Phi) is 7.28. The van der Waals surface area contributed by atoms with E-state index in [4.69, 9.17) is 11.6 Å². The molecule has 0 saturated heterocycles. The van der Waals surface area contributed by atoms with Crippen molar-refractivity contribution in [3.63, 3.8) is 0 Å². The molecule has 0 bridgehead atoms. The van der Waals surface area contributed by atoms with Gasteiger partial charge in [0.05, 0.1) is 5.69 Å². The molecular formula is C23H27Cl2N5O2S. The number of aromatic nitrogens is 2. The van der Waals surface area contributed by atoms with Crippen LogP contribution in [-0.2, 0) is 13.0 Å². The van der Waals surface area contributed by atoms with E-state index in [1.54, 1.807) is 6.07 Å². The third kappa shape index (κ3) is 5.19. The zero-order valence-corrected chi connectivity index (χ0v) is 20.7. The van der Waals surface area contributed by atoms with Crippen molar-refractivity contribution in [3.05, 3.63) is 50.6 Å². The third-order valence-corrected chi connectivity index (χ3v) is 7.66. The highest BCUT2D eigenvalue weighted by Gasteiger charge is 2.30. The zero-order valence-electron chi connectivity index (χ0n) is 18.3. The van der Waals surface area contributed by atoms with E-state index in [0.717, 1.165) is 61.8 Å². The van der Waals surface area contributed by atoms with Crippen LogP contribution < -0.4 is 10.6 Å². The SMILES string of the molecule is CN1CCc2nc(C(=O)N[C@@H]3CCCC[C@H]3NC(=O)c3cc4cc(Cl)ccc4[nH]3)sc2C1.Cl. The lowest BCUT2D eigenvalue weighted by Gasteiger charge is -2.32. The second-order valence-electron chi connectivity index (χ2n) is 8.74. The van der Waals surface area contributed by atoms with Gasteiger partial charge in [-0.15, -0.1) is 23.7 Å². The molecule has 0 unspecified atom stereocenters. The van der Waals surface area contributed by atoms with Crippen molar-refractivity contribution >= 4 is 58.1 Å². The highest BCUT2D eigenvalue weighted by molar-refractivity contribution is 7.13. The van der Waals surface area contributed by atoms with E-state index >= 15 is 0 Å². The minimum atomic E-state index is -0.170. The average molecular weight is 508 g/mol. The molecule has 7 nitrogen and oxygen atoms in total. The predicted octanol–water partition coefficient (Wildman–Crippen LogP) is 4.16. The lowest BCUT2D eigenvalue weighted by atomic mass is 9.90. The number of nitrogens with one attached hydrogen (secondary N) is 3. The molecule has 2 aliphatic rings. The maximum absolute atomic E-state index is 13.0. The number of amides is 2. The first-order valence-corrected chi connectivity index (χ1v) is 12.2. The highest BCUT2D eigenvalue weighted by Crippen LogP contribution is 2.26. The number of likely N-dealkylation sites (N-methyl/N-ethyl adjacent to an activating group) is 1. The number of H-pyrrole nitrogens is 1. The maximum atomic E-state index is 13.0. The molecule has 10 heteroatoms. The fourth-order valence-electron chi connectivity index (χ4n) is 4.60. The first kappa shape index (κ1) is 24.0. The molecular weight excluding hydrogens is 481 g/mol. The average Bonchev–Trinajstić information content (AvgIpc) is 3.38. The van der Waals surface area contributed by atoms with Crippen LogP contribution in [0.2, 0.25) is 5.02 Å². The summed E-state index contributed by atoms with van der Waals surface area (Å²) in [6.07, 6.45) is 4.61. The minimum absolute atomic E-state index is 0.